The zero-order valence-electron chi connectivity index (χ0n) is 12.5. The van der Waals surface area contributed by atoms with Crippen LogP contribution in [0.25, 0.3) is 0 Å². The van der Waals surface area contributed by atoms with Gasteiger partial charge in [-0.15, -0.1) is 24.0 Å². The standard InChI is InChI=1S/C12H20F3N5.HI/c1-11(2,3)19-10(16-4)18-7-9-17-5-6-20(9)8-12(13,14)15;/h5-6H,7-8H2,1-4H3,(H2,16,18,19);1H. The van der Waals surface area contributed by atoms with Crippen LogP contribution in [0.3, 0.4) is 0 Å². The maximum atomic E-state index is 12.4. The number of rotatable bonds is 3. The third kappa shape index (κ3) is 8.12. The Bertz CT molecular complexity index is 462. The van der Waals surface area contributed by atoms with Gasteiger partial charge < -0.3 is 15.2 Å². The van der Waals surface area contributed by atoms with Crippen LogP contribution >= 0.6 is 24.0 Å². The Balaban J connectivity index is 0.00000400. The van der Waals surface area contributed by atoms with E-state index in [0.717, 1.165) is 4.57 Å². The Morgan fingerprint density at radius 1 is 1.33 bits per heavy atom. The van der Waals surface area contributed by atoms with E-state index in [-0.39, 0.29) is 36.1 Å². The van der Waals surface area contributed by atoms with Crippen molar-refractivity contribution in [3.05, 3.63) is 18.2 Å². The van der Waals surface area contributed by atoms with Crippen molar-refractivity contribution in [2.45, 2.75) is 45.6 Å². The lowest BCUT2D eigenvalue weighted by atomic mass is 10.1. The minimum Gasteiger partial charge on any atom is -0.352 e. The molecule has 1 rings (SSSR count). The summed E-state index contributed by atoms with van der Waals surface area (Å²) in [5.74, 6) is 0.818. The van der Waals surface area contributed by atoms with Gasteiger partial charge in [0, 0.05) is 25.0 Å². The van der Waals surface area contributed by atoms with E-state index in [1.54, 1.807) is 7.05 Å². The molecule has 1 aromatic rings. The van der Waals surface area contributed by atoms with Crippen molar-refractivity contribution >= 4 is 29.9 Å². The first kappa shape index (κ1) is 20.0. The van der Waals surface area contributed by atoms with Gasteiger partial charge in [-0.2, -0.15) is 13.2 Å². The van der Waals surface area contributed by atoms with Gasteiger partial charge in [0.25, 0.3) is 0 Å². The average molecular weight is 419 g/mol. The predicted molar refractivity (Wildman–Crippen MR) is 86.8 cm³/mol. The molecule has 9 heteroatoms. The zero-order chi connectivity index (χ0) is 15.4. The van der Waals surface area contributed by atoms with E-state index in [0.29, 0.717) is 11.8 Å². The highest BCUT2D eigenvalue weighted by Gasteiger charge is 2.28. The van der Waals surface area contributed by atoms with Crippen LogP contribution in [0.4, 0.5) is 13.2 Å². The largest absolute Gasteiger partial charge is 0.406 e. The molecule has 0 fully saturated rings. The Hall–Kier alpha value is -1.00. The molecule has 0 aliphatic heterocycles. The second-order valence-electron chi connectivity index (χ2n) is 5.39. The molecule has 122 valence electrons. The van der Waals surface area contributed by atoms with Crippen molar-refractivity contribution < 1.29 is 13.2 Å². The van der Waals surface area contributed by atoms with Crippen LogP contribution in [0.1, 0.15) is 26.6 Å². The summed E-state index contributed by atoms with van der Waals surface area (Å²) >= 11 is 0. The van der Waals surface area contributed by atoms with E-state index in [4.69, 9.17) is 0 Å². The van der Waals surface area contributed by atoms with Gasteiger partial charge in [0.05, 0.1) is 6.54 Å². The molecule has 0 radical (unpaired) electrons. The summed E-state index contributed by atoms with van der Waals surface area (Å²) in [5.41, 5.74) is -0.191. The first-order valence-electron chi connectivity index (χ1n) is 6.16. The van der Waals surface area contributed by atoms with Gasteiger partial charge in [-0.05, 0) is 20.8 Å². The number of imidazole rings is 1. The molecule has 0 unspecified atom stereocenters. The number of hydrogen-bond donors (Lipinski definition) is 2. The van der Waals surface area contributed by atoms with E-state index in [1.807, 2.05) is 20.8 Å². The van der Waals surface area contributed by atoms with Crippen LogP contribution in [0, 0.1) is 0 Å². The van der Waals surface area contributed by atoms with Crippen molar-refractivity contribution in [2.24, 2.45) is 4.99 Å². The zero-order valence-corrected chi connectivity index (χ0v) is 14.8. The molecule has 0 aliphatic rings. The number of halogens is 4. The minimum absolute atomic E-state index is 0. The molecule has 21 heavy (non-hydrogen) atoms. The molecule has 5 nitrogen and oxygen atoms in total. The van der Waals surface area contributed by atoms with E-state index in [2.05, 4.69) is 20.6 Å². The Morgan fingerprint density at radius 2 is 1.95 bits per heavy atom. The van der Waals surface area contributed by atoms with E-state index >= 15 is 0 Å². The highest BCUT2D eigenvalue weighted by molar-refractivity contribution is 14.0. The van der Waals surface area contributed by atoms with Crippen molar-refractivity contribution in [1.82, 2.24) is 20.2 Å². The molecule has 1 aromatic heterocycles. The van der Waals surface area contributed by atoms with Gasteiger partial charge >= 0.3 is 6.18 Å². The molecule has 1 heterocycles. The topological polar surface area (TPSA) is 54.2 Å². The van der Waals surface area contributed by atoms with Crippen molar-refractivity contribution in [3.63, 3.8) is 0 Å². The summed E-state index contributed by atoms with van der Waals surface area (Å²) in [5, 5.41) is 6.06. The molecule has 0 aromatic carbocycles. The monoisotopic (exact) mass is 419 g/mol. The van der Waals surface area contributed by atoms with Crippen LogP contribution in [-0.4, -0.2) is 34.3 Å². The lowest BCUT2D eigenvalue weighted by Crippen LogP contribution is -2.47. The first-order chi connectivity index (χ1) is 9.11. The van der Waals surface area contributed by atoms with E-state index in [1.165, 1.54) is 12.4 Å². The number of nitrogens with one attached hydrogen (secondary N) is 2. The van der Waals surface area contributed by atoms with Gasteiger partial charge in [0.1, 0.15) is 12.4 Å². The molecule has 0 saturated carbocycles. The van der Waals surface area contributed by atoms with Crippen molar-refractivity contribution in [3.8, 4) is 0 Å². The highest BCUT2D eigenvalue weighted by atomic mass is 127. The van der Waals surface area contributed by atoms with Crippen molar-refractivity contribution in [1.29, 1.82) is 0 Å². The van der Waals surface area contributed by atoms with E-state index in [9.17, 15) is 13.2 Å². The predicted octanol–water partition coefficient (Wildman–Crippen LogP) is 2.53. The third-order valence-corrected chi connectivity index (χ3v) is 2.28. The normalized spacial score (nSPS) is 12.8. The summed E-state index contributed by atoms with van der Waals surface area (Å²) in [6.45, 7) is 5.01. The summed E-state index contributed by atoms with van der Waals surface area (Å²) in [6, 6.07) is 0. The lowest BCUT2D eigenvalue weighted by molar-refractivity contribution is -0.141. The van der Waals surface area contributed by atoms with Crippen LogP contribution in [-0.2, 0) is 13.1 Å². The fourth-order valence-electron chi connectivity index (χ4n) is 1.54. The molecule has 2 N–H and O–H groups in total. The SMILES string of the molecule is CN=C(NCc1nccn1CC(F)(F)F)NC(C)(C)C.I. The first-order valence-corrected chi connectivity index (χ1v) is 6.16. The quantitative estimate of drug-likeness (QED) is 0.450. The van der Waals surface area contributed by atoms with Gasteiger partial charge in [-0.3, -0.25) is 4.99 Å². The Kier molecular flexibility index (Phi) is 7.48. The molecule has 0 bridgehead atoms. The smallest absolute Gasteiger partial charge is 0.352 e. The average Bonchev–Trinajstić information content (AvgIpc) is 2.67. The molecule has 0 spiro atoms. The minimum atomic E-state index is -4.26. The maximum Gasteiger partial charge on any atom is 0.406 e. The van der Waals surface area contributed by atoms with Gasteiger partial charge in [0.15, 0.2) is 5.96 Å². The van der Waals surface area contributed by atoms with Gasteiger partial charge in [0.2, 0.25) is 0 Å². The van der Waals surface area contributed by atoms with Crippen LogP contribution in [0.15, 0.2) is 17.4 Å². The number of aliphatic imine (C=N–C) groups is 1. The number of alkyl halides is 3. The molecule has 0 amide bonds. The molecule has 0 atom stereocenters. The van der Waals surface area contributed by atoms with E-state index < -0.39 is 12.7 Å². The number of aromatic nitrogens is 2. The fourth-order valence-corrected chi connectivity index (χ4v) is 1.54. The van der Waals surface area contributed by atoms with Gasteiger partial charge in [-0.25, -0.2) is 4.98 Å². The summed E-state index contributed by atoms with van der Waals surface area (Å²) in [4.78, 5) is 7.93. The van der Waals surface area contributed by atoms with Crippen LogP contribution < -0.4 is 10.6 Å². The van der Waals surface area contributed by atoms with Gasteiger partial charge in [-0.1, -0.05) is 0 Å². The maximum absolute atomic E-state index is 12.4. The molecule has 0 saturated heterocycles. The summed E-state index contributed by atoms with van der Waals surface area (Å²) in [6.07, 6.45) is -1.60. The molecular weight excluding hydrogens is 398 g/mol. The second-order valence-corrected chi connectivity index (χ2v) is 5.39. The molecule has 0 aliphatic carbocycles. The molecular formula is C12H21F3IN5. The second kappa shape index (κ2) is 7.85. The third-order valence-electron chi connectivity index (χ3n) is 2.28. The Morgan fingerprint density at radius 3 is 2.43 bits per heavy atom. The lowest BCUT2D eigenvalue weighted by Gasteiger charge is -2.23. The Labute approximate surface area is 139 Å². The summed E-state index contributed by atoms with van der Waals surface area (Å²) in [7, 11) is 1.60. The highest BCUT2D eigenvalue weighted by Crippen LogP contribution is 2.18. The number of nitrogens with zero attached hydrogens (tertiary/aromatic N) is 3. The fraction of sp³-hybridized carbons (Fsp3) is 0.667. The summed E-state index contributed by atoms with van der Waals surface area (Å²) < 4.78 is 38.2. The number of hydrogen-bond acceptors (Lipinski definition) is 2. The van der Waals surface area contributed by atoms with Crippen LogP contribution in [0.2, 0.25) is 0 Å². The number of guanidine groups is 1. The van der Waals surface area contributed by atoms with Crippen molar-refractivity contribution in [2.75, 3.05) is 7.05 Å². The van der Waals surface area contributed by atoms with Crippen LogP contribution in [0.5, 0.6) is 0 Å².